The van der Waals surface area contributed by atoms with Gasteiger partial charge in [0.25, 0.3) is 0 Å². The van der Waals surface area contributed by atoms with Crippen molar-refractivity contribution in [1.29, 1.82) is 0 Å². The maximum absolute atomic E-state index is 14.3. The zero-order valence-corrected chi connectivity index (χ0v) is 17.4. The predicted molar refractivity (Wildman–Crippen MR) is 107 cm³/mol. The Hall–Kier alpha value is -2.36. The minimum Gasteiger partial charge on any atom is -0.339 e. The van der Waals surface area contributed by atoms with Gasteiger partial charge in [-0.3, -0.25) is 4.98 Å². The molecule has 0 radical (unpaired) electrons. The van der Waals surface area contributed by atoms with E-state index in [0.29, 0.717) is 37.6 Å². The molecule has 2 fully saturated rings. The van der Waals surface area contributed by atoms with Crippen molar-refractivity contribution >= 4 is 21.6 Å². The molecule has 2 aliphatic rings. The number of halogens is 2. The van der Waals surface area contributed by atoms with Crippen LogP contribution in [-0.4, -0.2) is 40.9 Å². The van der Waals surface area contributed by atoms with Crippen molar-refractivity contribution in [3.05, 3.63) is 59.5 Å². The van der Waals surface area contributed by atoms with Crippen LogP contribution in [0.3, 0.4) is 0 Å². The fourth-order valence-electron chi connectivity index (χ4n) is 4.23. The lowest BCUT2D eigenvalue weighted by Gasteiger charge is -2.31. The molecule has 1 saturated carbocycles. The molecule has 0 amide bonds. The Morgan fingerprint density at radius 2 is 2.00 bits per heavy atom. The molecule has 0 N–H and O–H groups in total. The fourth-order valence-corrected chi connectivity index (χ4v) is 5.99. The molecule has 10 heteroatoms. The number of rotatable bonds is 4. The Morgan fingerprint density at radius 3 is 2.73 bits per heavy atom. The molecule has 5 rings (SSSR count). The molecule has 1 unspecified atom stereocenters. The first kappa shape index (κ1) is 19.6. The van der Waals surface area contributed by atoms with E-state index in [0.717, 1.165) is 12.0 Å². The topological polar surface area (TPSA) is 89.2 Å². The summed E-state index contributed by atoms with van der Waals surface area (Å²) in [4.78, 5) is 8.20. The maximum Gasteiger partial charge on any atom is 0.246 e. The van der Waals surface area contributed by atoms with Gasteiger partial charge >= 0.3 is 0 Å². The molecule has 1 aliphatic carbocycles. The van der Waals surface area contributed by atoms with Crippen molar-refractivity contribution in [2.45, 2.75) is 30.1 Å². The van der Waals surface area contributed by atoms with Crippen molar-refractivity contribution in [3.63, 3.8) is 0 Å². The summed E-state index contributed by atoms with van der Waals surface area (Å²) < 4.78 is 46.8. The summed E-state index contributed by atoms with van der Waals surface area (Å²) >= 11 is 5.76. The van der Waals surface area contributed by atoms with Crippen LogP contribution >= 0.6 is 11.6 Å². The molecular weight excluding hydrogens is 431 g/mol. The molecule has 1 atom stereocenters. The molecule has 0 bridgehead atoms. The Balaban J connectivity index is 1.29. The van der Waals surface area contributed by atoms with Gasteiger partial charge in [0.05, 0.1) is 5.02 Å². The van der Waals surface area contributed by atoms with Crippen LogP contribution in [0, 0.1) is 11.2 Å². The average molecular weight is 449 g/mol. The van der Waals surface area contributed by atoms with Crippen LogP contribution in [0.25, 0.3) is 11.4 Å². The summed E-state index contributed by atoms with van der Waals surface area (Å²) in [7, 11) is -3.94. The van der Waals surface area contributed by atoms with Crippen LogP contribution in [0.15, 0.2) is 52.1 Å². The largest absolute Gasteiger partial charge is 0.339 e. The summed E-state index contributed by atoms with van der Waals surface area (Å²) in [5.41, 5.74) is 0.740. The SMILES string of the molecule is O=S(=O)(c1cccc(Cl)c1F)N1CCC2(CC1)CC2c1nc(-c2cccnc2)no1. The Morgan fingerprint density at radius 1 is 1.20 bits per heavy atom. The van der Waals surface area contributed by atoms with E-state index in [1.54, 1.807) is 12.4 Å². The average Bonchev–Trinajstić information content (AvgIpc) is 3.22. The van der Waals surface area contributed by atoms with Crippen LogP contribution in [0.1, 0.15) is 31.1 Å². The van der Waals surface area contributed by atoms with Gasteiger partial charge in [0.15, 0.2) is 5.82 Å². The normalized spacial score (nSPS) is 21.1. The van der Waals surface area contributed by atoms with Crippen LogP contribution in [0.5, 0.6) is 0 Å². The van der Waals surface area contributed by atoms with E-state index in [1.165, 1.54) is 22.5 Å². The van der Waals surface area contributed by atoms with Crippen LogP contribution < -0.4 is 0 Å². The van der Waals surface area contributed by atoms with Crippen molar-refractivity contribution in [3.8, 4) is 11.4 Å². The monoisotopic (exact) mass is 448 g/mol. The molecule has 1 spiro atoms. The molecule has 1 saturated heterocycles. The highest BCUT2D eigenvalue weighted by Gasteiger charge is 2.59. The second-order valence-corrected chi connectivity index (χ2v) is 10.1. The number of hydrogen-bond acceptors (Lipinski definition) is 6. The van der Waals surface area contributed by atoms with Gasteiger partial charge in [-0.25, -0.2) is 12.8 Å². The first-order valence-electron chi connectivity index (χ1n) is 9.59. The van der Waals surface area contributed by atoms with Gasteiger partial charge in [0.2, 0.25) is 21.7 Å². The van der Waals surface area contributed by atoms with Crippen molar-refractivity contribution in [1.82, 2.24) is 19.4 Å². The molecule has 156 valence electrons. The minimum atomic E-state index is -3.94. The Bertz CT molecular complexity index is 1190. The Kier molecular flexibility index (Phi) is 4.64. The lowest BCUT2D eigenvalue weighted by Crippen LogP contribution is -2.39. The predicted octanol–water partition coefficient (Wildman–Crippen LogP) is 3.88. The number of pyridine rings is 1. The number of piperidine rings is 1. The summed E-state index contributed by atoms with van der Waals surface area (Å²) in [5, 5.41) is 3.85. The zero-order valence-electron chi connectivity index (χ0n) is 15.8. The van der Waals surface area contributed by atoms with Crippen molar-refractivity contribution in [2.24, 2.45) is 5.41 Å². The van der Waals surface area contributed by atoms with Gasteiger partial charge in [-0.05, 0) is 48.9 Å². The molecule has 1 aliphatic heterocycles. The van der Waals surface area contributed by atoms with Gasteiger partial charge in [-0.1, -0.05) is 22.8 Å². The van der Waals surface area contributed by atoms with E-state index in [1.807, 2.05) is 12.1 Å². The van der Waals surface area contributed by atoms with Gasteiger partial charge in [-0.15, -0.1) is 0 Å². The summed E-state index contributed by atoms with van der Waals surface area (Å²) in [6, 6.07) is 7.70. The number of aromatic nitrogens is 3. The van der Waals surface area contributed by atoms with Gasteiger partial charge in [0.1, 0.15) is 4.90 Å². The van der Waals surface area contributed by atoms with Gasteiger partial charge < -0.3 is 4.52 Å². The van der Waals surface area contributed by atoms with Gasteiger partial charge in [-0.2, -0.15) is 9.29 Å². The van der Waals surface area contributed by atoms with Crippen molar-refractivity contribution < 1.29 is 17.3 Å². The third kappa shape index (κ3) is 3.21. The van der Waals surface area contributed by atoms with Crippen LogP contribution in [0.4, 0.5) is 4.39 Å². The number of sulfonamides is 1. The Labute approximate surface area is 177 Å². The first-order valence-corrected chi connectivity index (χ1v) is 11.4. The number of nitrogens with zero attached hydrogens (tertiary/aromatic N) is 4. The minimum absolute atomic E-state index is 0.0440. The second-order valence-electron chi connectivity index (χ2n) is 7.77. The molecular formula is C20H18ClFN4O3S. The van der Waals surface area contributed by atoms with E-state index >= 15 is 0 Å². The van der Waals surface area contributed by atoms with E-state index in [9.17, 15) is 12.8 Å². The highest BCUT2D eigenvalue weighted by Crippen LogP contribution is 2.64. The summed E-state index contributed by atoms with van der Waals surface area (Å²) in [6.45, 7) is 0.628. The highest BCUT2D eigenvalue weighted by molar-refractivity contribution is 7.89. The molecule has 30 heavy (non-hydrogen) atoms. The third-order valence-corrected chi connectivity index (χ3v) is 8.31. The lowest BCUT2D eigenvalue weighted by atomic mass is 9.92. The number of hydrogen-bond donors (Lipinski definition) is 0. The molecule has 2 aromatic heterocycles. The van der Waals surface area contributed by atoms with E-state index in [4.69, 9.17) is 16.1 Å². The first-order chi connectivity index (χ1) is 14.4. The summed E-state index contributed by atoms with van der Waals surface area (Å²) in [5.74, 6) is 0.281. The molecule has 3 aromatic rings. The third-order valence-electron chi connectivity index (χ3n) is 6.10. The van der Waals surface area contributed by atoms with Crippen molar-refractivity contribution in [2.75, 3.05) is 13.1 Å². The van der Waals surface area contributed by atoms with E-state index in [-0.39, 0.29) is 21.3 Å². The zero-order chi connectivity index (χ0) is 20.9. The standard InChI is InChI=1S/C20H18ClFN4O3S/c21-15-4-1-5-16(17(15)22)30(27,28)26-9-6-20(7-10-26)11-14(20)19-24-18(25-29-19)13-3-2-8-23-12-13/h1-5,8,12,14H,6-7,9-11H2. The molecule has 1 aromatic carbocycles. The fraction of sp³-hybridized carbons (Fsp3) is 0.350. The second kappa shape index (κ2) is 7.11. The molecule has 3 heterocycles. The maximum atomic E-state index is 14.3. The van der Waals surface area contributed by atoms with E-state index in [2.05, 4.69) is 15.1 Å². The van der Waals surface area contributed by atoms with E-state index < -0.39 is 15.8 Å². The van der Waals surface area contributed by atoms with Gasteiger partial charge in [0, 0.05) is 37.0 Å². The lowest BCUT2D eigenvalue weighted by molar-refractivity contribution is 0.242. The number of benzene rings is 1. The summed E-state index contributed by atoms with van der Waals surface area (Å²) in [6.07, 6.45) is 5.54. The quantitative estimate of drug-likeness (QED) is 0.601. The van der Waals surface area contributed by atoms with Crippen LogP contribution in [0.2, 0.25) is 5.02 Å². The molecule has 7 nitrogen and oxygen atoms in total. The smallest absolute Gasteiger partial charge is 0.246 e. The highest BCUT2D eigenvalue weighted by atomic mass is 35.5. The van der Waals surface area contributed by atoms with Crippen LogP contribution in [-0.2, 0) is 10.0 Å².